The number of ether oxygens (including phenoxy) is 1. The minimum Gasteiger partial charge on any atom is -0.484 e. The van der Waals surface area contributed by atoms with E-state index in [-0.39, 0.29) is 12.5 Å². The summed E-state index contributed by atoms with van der Waals surface area (Å²) in [6.07, 6.45) is 0. The van der Waals surface area contributed by atoms with Crippen molar-refractivity contribution in [2.24, 2.45) is 0 Å². The Bertz CT molecular complexity index is 1120. The van der Waals surface area contributed by atoms with Crippen molar-refractivity contribution in [2.75, 3.05) is 11.9 Å². The van der Waals surface area contributed by atoms with Gasteiger partial charge in [-0.2, -0.15) is 0 Å². The molecule has 3 amide bonds. The molecule has 0 saturated heterocycles. The summed E-state index contributed by atoms with van der Waals surface area (Å²) in [5, 5.41) is 2.79. The van der Waals surface area contributed by atoms with Crippen molar-refractivity contribution < 1.29 is 19.1 Å². The van der Waals surface area contributed by atoms with Gasteiger partial charge in [0.25, 0.3) is 17.7 Å². The Hall–Kier alpha value is -4.13. The summed E-state index contributed by atoms with van der Waals surface area (Å²) in [5.74, 6) is -0.616. The van der Waals surface area contributed by atoms with Crippen molar-refractivity contribution in [3.8, 4) is 5.75 Å². The molecule has 3 N–H and O–H groups in total. The average molecular weight is 431 g/mol. The third-order valence-electron chi connectivity index (χ3n) is 4.57. The highest BCUT2D eigenvalue weighted by molar-refractivity contribution is 6.04. The van der Waals surface area contributed by atoms with Crippen molar-refractivity contribution in [2.45, 2.75) is 20.8 Å². The van der Waals surface area contributed by atoms with Gasteiger partial charge in [-0.25, -0.2) is 0 Å². The molecule has 3 aromatic carbocycles. The maximum atomic E-state index is 12.3. The summed E-state index contributed by atoms with van der Waals surface area (Å²) < 4.78 is 5.46. The first-order chi connectivity index (χ1) is 15.3. The Kier molecular flexibility index (Phi) is 7.23. The molecule has 0 atom stereocenters. The van der Waals surface area contributed by atoms with Gasteiger partial charge in [-0.3, -0.25) is 25.2 Å². The predicted molar refractivity (Wildman–Crippen MR) is 123 cm³/mol. The summed E-state index contributed by atoms with van der Waals surface area (Å²) in [4.78, 5) is 36.5. The number of hydrazine groups is 1. The van der Waals surface area contributed by atoms with Crippen LogP contribution in [0.15, 0.2) is 66.7 Å². The van der Waals surface area contributed by atoms with Gasteiger partial charge in [0.2, 0.25) is 0 Å². The Morgan fingerprint density at radius 1 is 0.719 bits per heavy atom. The maximum Gasteiger partial charge on any atom is 0.276 e. The zero-order valence-corrected chi connectivity index (χ0v) is 18.2. The van der Waals surface area contributed by atoms with Crippen LogP contribution in [0.2, 0.25) is 0 Å². The van der Waals surface area contributed by atoms with Crippen molar-refractivity contribution in [1.82, 2.24) is 10.9 Å². The zero-order valence-electron chi connectivity index (χ0n) is 18.2. The van der Waals surface area contributed by atoms with E-state index in [0.29, 0.717) is 22.6 Å². The predicted octanol–water partition coefficient (Wildman–Crippen LogP) is 3.70. The molecule has 0 spiro atoms. The van der Waals surface area contributed by atoms with Crippen molar-refractivity contribution in [1.29, 1.82) is 0 Å². The smallest absolute Gasteiger partial charge is 0.276 e. The van der Waals surface area contributed by atoms with Crippen LogP contribution in [0.4, 0.5) is 5.69 Å². The van der Waals surface area contributed by atoms with E-state index in [1.165, 1.54) is 0 Å². The molecule has 164 valence electrons. The zero-order chi connectivity index (χ0) is 23.1. The molecule has 3 rings (SSSR count). The van der Waals surface area contributed by atoms with Gasteiger partial charge in [0.1, 0.15) is 5.75 Å². The van der Waals surface area contributed by atoms with Crippen molar-refractivity contribution in [3.63, 3.8) is 0 Å². The lowest BCUT2D eigenvalue weighted by atomic mass is 10.1. The van der Waals surface area contributed by atoms with Gasteiger partial charge in [-0.15, -0.1) is 0 Å². The quantitative estimate of drug-likeness (QED) is 0.519. The molecule has 0 aromatic heterocycles. The number of nitrogens with one attached hydrogen (secondary N) is 3. The number of amides is 3. The number of aryl methyl sites for hydroxylation is 3. The lowest BCUT2D eigenvalue weighted by Gasteiger charge is -2.10. The first kappa shape index (κ1) is 22.6. The number of anilines is 1. The fourth-order valence-corrected chi connectivity index (χ4v) is 3.09. The molecule has 3 aromatic rings. The van der Waals surface area contributed by atoms with Gasteiger partial charge in [0, 0.05) is 16.8 Å². The number of rotatable bonds is 6. The van der Waals surface area contributed by atoms with Crippen LogP contribution in [0, 0.1) is 20.8 Å². The molecule has 0 saturated carbocycles. The van der Waals surface area contributed by atoms with Gasteiger partial charge in [0.05, 0.1) is 0 Å². The lowest BCUT2D eigenvalue weighted by molar-refractivity contribution is -0.123. The molecular formula is C25H25N3O4. The van der Waals surface area contributed by atoms with Crippen LogP contribution in [-0.2, 0) is 4.79 Å². The molecule has 32 heavy (non-hydrogen) atoms. The summed E-state index contributed by atoms with van der Waals surface area (Å²) in [6, 6.07) is 19.3. The van der Waals surface area contributed by atoms with Crippen LogP contribution in [0.5, 0.6) is 5.75 Å². The van der Waals surface area contributed by atoms with Crippen LogP contribution in [-0.4, -0.2) is 24.3 Å². The van der Waals surface area contributed by atoms with Gasteiger partial charge < -0.3 is 10.1 Å². The topological polar surface area (TPSA) is 96.5 Å². The molecule has 7 heteroatoms. The number of hydrogen-bond acceptors (Lipinski definition) is 4. The molecule has 0 aliphatic heterocycles. The Labute approximate surface area is 186 Å². The number of carbonyl (C=O) groups is 3. The number of benzene rings is 3. The van der Waals surface area contributed by atoms with Gasteiger partial charge in [-0.05, 0) is 80.4 Å². The standard InChI is InChI=1S/C25H25N3O4/c1-16-5-4-6-20(12-16)24(30)26-21-9-7-19(8-10-21)25(31)28-27-23(29)15-32-22-13-17(2)11-18(3)14-22/h4-14H,15H2,1-3H3,(H,26,30)(H,27,29)(H,28,31). The summed E-state index contributed by atoms with van der Waals surface area (Å²) in [7, 11) is 0. The second-order valence-corrected chi connectivity index (χ2v) is 7.52. The fourth-order valence-electron chi connectivity index (χ4n) is 3.09. The molecule has 0 fully saturated rings. The van der Waals surface area contributed by atoms with E-state index in [9.17, 15) is 14.4 Å². The van der Waals surface area contributed by atoms with Crippen molar-refractivity contribution in [3.05, 3.63) is 94.5 Å². The SMILES string of the molecule is Cc1cc(C)cc(OCC(=O)NNC(=O)c2ccc(NC(=O)c3cccc(C)c3)cc2)c1. The second-order valence-electron chi connectivity index (χ2n) is 7.52. The Balaban J connectivity index is 1.47. The molecule has 0 radical (unpaired) electrons. The van der Waals surface area contributed by atoms with Crippen LogP contribution in [0.3, 0.4) is 0 Å². The Morgan fingerprint density at radius 2 is 1.41 bits per heavy atom. The molecular weight excluding hydrogens is 406 g/mol. The molecule has 0 heterocycles. The van der Waals surface area contributed by atoms with Crippen LogP contribution in [0.25, 0.3) is 0 Å². The van der Waals surface area contributed by atoms with Crippen LogP contribution < -0.4 is 20.9 Å². The minimum absolute atomic E-state index is 0.229. The number of carbonyl (C=O) groups excluding carboxylic acids is 3. The molecule has 0 unspecified atom stereocenters. The summed E-state index contributed by atoms with van der Waals surface area (Å²) in [6.45, 7) is 5.57. The van der Waals surface area contributed by atoms with Gasteiger partial charge >= 0.3 is 0 Å². The monoisotopic (exact) mass is 431 g/mol. The van der Waals surface area contributed by atoms with E-state index in [4.69, 9.17) is 4.74 Å². The van der Waals surface area contributed by atoms with Crippen LogP contribution >= 0.6 is 0 Å². The van der Waals surface area contributed by atoms with E-state index >= 15 is 0 Å². The summed E-state index contributed by atoms with van der Waals surface area (Å²) >= 11 is 0. The number of hydrogen-bond donors (Lipinski definition) is 3. The highest BCUT2D eigenvalue weighted by Gasteiger charge is 2.10. The minimum atomic E-state index is -0.487. The largest absolute Gasteiger partial charge is 0.484 e. The molecule has 0 aliphatic rings. The van der Waals surface area contributed by atoms with E-state index < -0.39 is 11.8 Å². The van der Waals surface area contributed by atoms with E-state index in [1.54, 1.807) is 36.4 Å². The normalized spacial score (nSPS) is 10.2. The fraction of sp³-hybridized carbons (Fsp3) is 0.160. The first-order valence-electron chi connectivity index (χ1n) is 10.1. The van der Waals surface area contributed by atoms with E-state index in [0.717, 1.165) is 16.7 Å². The van der Waals surface area contributed by atoms with Crippen LogP contribution in [0.1, 0.15) is 37.4 Å². The molecule has 7 nitrogen and oxygen atoms in total. The average Bonchev–Trinajstić information content (AvgIpc) is 2.76. The maximum absolute atomic E-state index is 12.3. The van der Waals surface area contributed by atoms with E-state index in [2.05, 4.69) is 16.2 Å². The Morgan fingerprint density at radius 3 is 2.06 bits per heavy atom. The van der Waals surface area contributed by atoms with E-state index in [1.807, 2.05) is 51.1 Å². The highest BCUT2D eigenvalue weighted by atomic mass is 16.5. The third-order valence-corrected chi connectivity index (χ3v) is 4.57. The summed E-state index contributed by atoms with van der Waals surface area (Å²) in [5.41, 5.74) is 9.16. The lowest BCUT2D eigenvalue weighted by Crippen LogP contribution is -2.43. The third kappa shape index (κ3) is 6.43. The van der Waals surface area contributed by atoms with Gasteiger partial charge in [-0.1, -0.05) is 23.8 Å². The molecule has 0 bridgehead atoms. The molecule has 0 aliphatic carbocycles. The van der Waals surface area contributed by atoms with Crippen molar-refractivity contribution >= 4 is 23.4 Å². The first-order valence-corrected chi connectivity index (χ1v) is 10.1. The second kappa shape index (κ2) is 10.3. The van der Waals surface area contributed by atoms with Gasteiger partial charge in [0.15, 0.2) is 6.61 Å². The highest BCUT2D eigenvalue weighted by Crippen LogP contribution is 2.16.